The number of nitrogens with zero attached hydrogens (tertiary/aromatic N) is 1. The van der Waals surface area contributed by atoms with E-state index in [1.54, 1.807) is 50.2 Å². The van der Waals surface area contributed by atoms with E-state index in [1.165, 1.54) is 0 Å². The molecule has 5 heteroatoms. The monoisotopic (exact) mass is 439 g/mol. The largest absolute Gasteiger partial charge is 0.426 e. The molecule has 1 saturated carbocycles. The lowest BCUT2D eigenvalue weighted by atomic mass is 9.95. The molecule has 3 aromatic rings. The molecule has 1 aliphatic rings. The van der Waals surface area contributed by atoms with Gasteiger partial charge in [-0.3, -0.25) is 4.79 Å². The van der Waals surface area contributed by atoms with Crippen LogP contribution in [-0.4, -0.2) is 11.9 Å². The average molecular weight is 440 g/mol. The first kappa shape index (κ1) is 22.3. The highest BCUT2D eigenvalue weighted by Gasteiger charge is 2.53. The predicted octanol–water partition coefficient (Wildman–Crippen LogP) is 5.94. The standard InChI is InChI=1S/C28H25NO4/c1-18(2)26(30)32-24-12-8-21(9-13-24)20-4-6-22(7-5-20)27(31)33-25-14-10-23(11-15-25)28(17-29)16-19(28)3/h4-15,18-19H,16H2,1-3H3/t19-,28+/m0/s1. The molecular weight excluding hydrogens is 414 g/mol. The summed E-state index contributed by atoms with van der Waals surface area (Å²) in [5.74, 6) is 0.389. The summed E-state index contributed by atoms with van der Waals surface area (Å²) in [7, 11) is 0. The summed E-state index contributed by atoms with van der Waals surface area (Å²) in [6.07, 6.45) is 0.862. The third-order valence-electron chi connectivity index (χ3n) is 6.09. The van der Waals surface area contributed by atoms with Crippen molar-refractivity contribution in [1.29, 1.82) is 5.26 Å². The maximum absolute atomic E-state index is 12.5. The molecular formula is C28H25NO4. The molecule has 1 aliphatic carbocycles. The Balaban J connectivity index is 1.39. The van der Waals surface area contributed by atoms with Crippen LogP contribution in [0.4, 0.5) is 0 Å². The molecule has 0 bridgehead atoms. The molecule has 33 heavy (non-hydrogen) atoms. The van der Waals surface area contributed by atoms with Gasteiger partial charge in [0.25, 0.3) is 0 Å². The predicted molar refractivity (Wildman–Crippen MR) is 125 cm³/mol. The van der Waals surface area contributed by atoms with E-state index in [1.807, 2.05) is 36.4 Å². The van der Waals surface area contributed by atoms with Crippen molar-refractivity contribution in [2.45, 2.75) is 32.6 Å². The summed E-state index contributed by atoms with van der Waals surface area (Å²) in [5.41, 5.74) is 2.88. The van der Waals surface area contributed by atoms with Crippen LogP contribution in [0.5, 0.6) is 11.5 Å². The van der Waals surface area contributed by atoms with Gasteiger partial charge in [-0.25, -0.2) is 4.79 Å². The number of carbonyl (C=O) groups excluding carboxylic acids is 2. The zero-order chi connectivity index (χ0) is 23.6. The zero-order valence-electron chi connectivity index (χ0n) is 18.9. The van der Waals surface area contributed by atoms with Gasteiger partial charge in [0.1, 0.15) is 11.5 Å². The molecule has 0 aromatic heterocycles. The van der Waals surface area contributed by atoms with E-state index in [2.05, 4.69) is 13.0 Å². The molecule has 0 aliphatic heterocycles. The van der Waals surface area contributed by atoms with Crippen molar-refractivity contribution in [3.8, 4) is 28.7 Å². The zero-order valence-corrected chi connectivity index (χ0v) is 18.9. The van der Waals surface area contributed by atoms with Crippen molar-refractivity contribution in [2.75, 3.05) is 0 Å². The molecule has 0 N–H and O–H groups in total. The van der Waals surface area contributed by atoms with Gasteiger partial charge in [0.2, 0.25) is 0 Å². The van der Waals surface area contributed by atoms with Crippen LogP contribution in [0.15, 0.2) is 72.8 Å². The first-order chi connectivity index (χ1) is 15.8. The quantitative estimate of drug-likeness (QED) is 0.351. The van der Waals surface area contributed by atoms with Gasteiger partial charge in [0.05, 0.1) is 23.0 Å². The minimum atomic E-state index is -0.444. The van der Waals surface area contributed by atoms with Crippen LogP contribution in [0.25, 0.3) is 11.1 Å². The fourth-order valence-corrected chi connectivity index (χ4v) is 3.78. The first-order valence-electron chi connectivity index (χ1n) is 11.0. The fraction of sp³-hybridized carbons (Fsp3) is 0.250. The number of rotatable bonds is 6. The van der Waals surface area contributed by atoms with Gasteiger partial charge < -0.3 is 9.47 Å². The van der Waals surface area contributed by atoms with Crippen LogP contribution in [0.1, 0.15) is 43.1 Å². The Bertz CT molecular complexity index is 1200. The van der Waals surface area contributed by atoms with Crippen LogP contribution in [0.2, 0.25) is 0 Å². The molecule has 0 saturated heterocycles. The second-order valence-corrected chi connectivity index (χ2v) is 8.78. The average Bonchev–Trinajstić information content (AvgIpc) is 3.51. The fourth-order valence-electron chi connectivity index (χ4n) is 3.78. The number of hydrogen-bond donors (Lipinski definition) is 0. The van der Waals surface area contributed by atoms with E-state index in [0.717, 1.165) is 23.1 Å². The van der Waals surface area contributed by atoms with Crippen LogP contribution in [-0.2, 0) is 10.2 Å². The molecule has 0 amide bonds. The number of esters is 2. The molecule has 0 spiro atoms. The Kier molecular flexibility index (Phi) is 6.02. The SMILES string of the molecule is CC(C)C(=O)Oc1ccc(-c2ccc(C(=O)Oc3ccc([C@@]4(C#N)C[C@@H]4C)cc3)cc2)cc1. The van der Waals surface area contributed by atoms with E-state index in [4.69, 9.17) is 9.47 Å². The maximum Gasteiger partial charge on any atom is 0.343 e. The molecule has 3 aromatic carbocycles. The van der Waals surface area contributed by atoms with Crippen LogP contribution in [0.3, 0.4) is 0 Å². The smallest absolute Gasteiger partial charge is 0.343 e. The van der Waals surface area contributed by atoms with Crippen LogP contribution in [0, 0.1) is 23.2 Å². The Labute approximate surface area is 193 Å². The van der Waals surface area contributed by atoms with E-state index >= 15 is 0 Å². The van der Waals surface area contributed by atoms with Gasteiger partial charge in [-0.2, -0.15) is 5.26 Å². The second kappa shape index (κ2) is 8.91. The van der Waals surface area contributed by atoms with E-state index in [0.29, 0.717) is 23.0 Å². The molecule has 1 fully saturated rings. The minimum Gasteiger partial charge on any atom is -0.426 e. The Hall–Kier alpha value is -3.91. The lowest BCUT2D eigenvalue weighted by Gasteiger charge is -2.10. The Morgan fingerprint density at radius 3 is 1.85 bits per heavy atom. The normalized spacial score (nSPS) is 18.9. The highest BCUT2D eigenvalue weighted by atomic mass is 16.5. The van der Waals surface area contributed by atoms with Gasteiger partial charge in [-0.1, -0.05) is 57.2 Å². The van der Waals surface area contributed by atoms with Crippen molar-refractivity contribution in [2.24, 2.45) is 11.8 Å². The molecule has 0 radical (unpaired) electrons. The Morgan fingerprint density at radius 2 is 1.36 bits per heavy atom. The molecule has 166 valence electrons. The molecule has 2 atom stereocenters. The molecule has 0 unspecified atom stereocenters. The van der Waals surface area contributed by atoms with Gasteiger partial charge in [0.15, 0.2) is 0 Å². The molecule has 5 nitrogen and oxygen atoms in total. The van der Waals surface area contributed by atoms with Crippen molar-refractivity contribution in [1.82, 2.24) is 0 Å². The summed E-state index contributed by atoms with van der Waals surface area (Å²) < 4.78 is 10.8. The summed E-state index contributed by atoms with van der Waals surface area (Å²) in [6.45, 7) is 5.64. The lowest BCUT2D eigenvalue weighted by Crippen LogP contribution is -2.14. The van der Waals surface area contributed by atoms with Crippen molar-refractivity contribution in [3.05, 3.63) is 83.9 Å². The minimum absolute atomic E-state index is 0.189. The molecule has 4 rings (SSSR count). The summed E-state index contributed by atoms with van der Waals surface area (Å²) in [6, 6.07) is 24.0. The number of carbonyl (C=O) groups is 2. The summed E-state index contributed by atoms with van der Waals surface area (Å²) in [4.78, 5) is 24.3. The van der Waals surface area contributed by atoms with Crippen LogP contribution < -0.4 is 9.47 Å². The van der Waals surface area contributed by atoms with Crippen molar-refractivity contribution >= 4 is 11.9 Å². The van der Waals surface area contributed by atoms with Gasteiger partial charge >= 0.3 is 11.9 Å². The van der Waals surface area contributed by atoms with Crippen molar-refractivity contribution in [3.63, 3.8) is 0 Å². The summed E-state index contributed by atoms with van der Waals surface area (Å²) >= 11 is 0. The highest BCUT2D eigenvalue weighted by molar-refractivity contribution is 5.91. The van der Waals surface area contributed by atoms with Gasteiger partial charge in [-0.15, -0.1) is 0 Å². The maximum atomic E-state index is 12.5. The second-order valence-electron chi connectivity index (χ2n) is 8.78. The highest BCUT2D eigenvalue weighted by Crippen LogP contribution is 2.53. The Morgan fingerprint density at radius 1 is 0.879 bits per heavy atom. The molecule has 0 heterocycles. The number of ether oxygens (including phenoxy) is 2. The van der Waals surface area contributed by atoms with Gasteiger partial charge in [0, 0.05) is 0 Å². The third-order valence-corrected chi connectivity index (χ3v) is 6.09. The number of benzene rings is 3. The van der Waals surface area contributed by atoms with E-state index in [-0.39, 0.29) is 11.9 Å². The first-order valence-corrected chi connectivity index (χ1v) is 11.0. The third kappa shape index (κ3) is 4.65. The lowest BCUT2D eigenvalue weighted by molar-refractivity contribution is -0.137. The number of hydrogen-bond acceptors (Lipinski definition) is 5. The summed E-state index contributed by atoms with van der Waals surface area (Å²) in [5, 5.41) is 9.46. The number of nitriles is 1. The van der Waals surface area contributed by atoms with E-state index in [9.17, 15) is 14.9 Å². The van der Waals surface area contributed by atoms with Gasteiger partial charge in [-0.05, 0) is 65.4 Å². The topological polar surface area (TPSA) is 76.4 Å². The van der Waals surface area contributed by atoms with Crippen LogP contribution >= 0.6 is 0 Å². The van der Waals surface area contributed by atoms with Crippen molar-refractivity contribution < 1.29 is 19.1 Å². The van der Waals surface area contributed by atoms with E-state index < -0.39 is 11.4 Å².